The number of hydrogen-bond donors (Lipinski definition) is 2. The summed E-state index contributed by atoms with van der Waals surface area (Å²) < 4.78 is 5.27. The molecule has 0 spiro atoms. The summed E-state index contributed by atoms with van der Waals surface area (Å²) >= 11 is 1.63. The van der Waals surface area contributed by atoms with Crippen LogP contribution in [0.5, 0.6) is 0 Å². The molecule has 0 radical (unpaired) electrons. The van der Waals surface area contributed by atoms with Gasteiger partial charge in [-0.2, -0.15) is 0 Å². The van der Waals surface area contributed by atoms with E-state index in [1.165, 1.54) is 6.42 Å². The van der Waals surface area contributed by atoms with Gasteiger partial charge in [0.25, 0.3) is 0 Å². The Morgan fingerprint density at radius 2 is 2.35 bits per heavy atom. The number of aliphatic imine (C=N–C) groups is 1. The van der Waals surface area contributed by atoms with Crippen LogP contribution in [0.3, 0.4) is 0 Å². The number of guanidine groups is 1. The number of nitrogens with zero attached hydrogens (tertiary/aromatic N) is 2. The molecule has 0 bridgehead atoms. The first-order chi connectivity index (χ1) is 9.46. The van der Waals surface area contributed by atoms with Crippen LogP contribution in [-0.2, 0) is 11.3 Å². The fourth-order valence-corrected chi connectivity index (χ4v) is 2.79. The summed E-state index contributed by atoms with van der Waals surface area (Å²) in [4.78, 5) is 8.81. The van der Waals surface area contributed by atoms with Gasteiger partial charge in [0.1, 0.15) is 11.1 Å². The van der Waals surface area contributed by atoms with Crippen molar-refractivity contribution in [1.29, 1.82) is 0 Å². The predicted molar refractivity (Wildman–Crippen MR) is 83.1 cm³/mol. The van der Waals surface area contributed by atoms with Crippen LogP contribution in [0.25, 0.3) is 0 Å². The maximum Gasteiger partial charge on any atom is 0.191 e. The zero-order chi connectivity index (χ0) is 14.8. The minimum Gasteiger partial charge on any atom is -0.375 e. The Balaban J connectivity index is 1.83. The molecule has 0 aromatic carbocycles. The first-order valence-electron chi connectivity index (χ1n) is 6.90. The van der Waals surface area contributed by atoms with Crippen LogP contribution in [0.2, 0.25) is 0 Å². The lowest BCUT2D eigenvalue weighted by Crippen LogP contribution is -2.39. The average Bonchev–Trinajstić information content (AvgIpc) is 2.83. The van der Waals surface area contributed by atoms with Gasteiger partial charge in [0, 0.05) is 25.6 Å². The van der Waals surface area contributed by atoms with Crippen molar-refractivity contribution < 1.29 is 4.74 Å². The van der Waals surface area contributed by atoms with E-state index in [-0.39, 0.29) is 6.10 Å². The molecule has 1 aliphatic rings. The SMILES string of the molecule is CN=C(NCc1csc(C(C)OC)n1)NC1CC1(C)C. The molecule has 2 rings (SSSR count). The largest absolute Gasteiger partial charge is 0.375 e. The highest BCUT2D eigenvalue weighted by Gasteiger charge is 2.46. The molecule has 0 saturated heterocycles. The van der Waals surface area contributed by atoms with Crippen molar-refractivity contribution in [3.63, 3.8) is 0 Å². The van der Waals surface area contributed by atoms with Gasteiger partial charge in [-0.15, -0.1) is 11.3 Å². The molecule has 112 valence electrons. The summed E-state index contributed by atoms with van der Waals surface area (Å²) in [6, 6.07) is 0.521. The fourth-order valence-electron chi connectivity index (χ4n) is 1.94. The smallest absolute Gasteiger partial charge is 0.191 e. The van der Waals surface area contributed by atoms with Crippen LogP contribution >= 0.6 is 11.3 Å². The minimum absolute atomic E-state index is 0.0541. The van der Waals surface area contributed by atoms with E-state index < -0.39 is 0 Å². The second kappa shape index (κ2) is 6.10. The normalized spacial score (nSPS) is 22.4. The standard InChI is InChI=1S/C14H24N4OS/c1-9(19-5)12-17-10(8-20-12)7-16-13(15-4)18-11-6-14(11,2)3/h8-9,11H,6-7H2,1-5H3,(H2,15,16,18). The van der Waals surface area contributed by atoms with Crippen molar-refractivity contribution in [3.8, 4) is 0 Å². The summed E-state index contributed by atoms with van der Waals surface area (Å²) in [5.74, 6) is 0.843. The second-order valence-corrected chi connectivity index (χ2v) is 6.76. The molecule has 1 aliphatic carbocycles. The second-order valence-electron chi connectivity index (χ2n) is 5.87. The van der Waals surface area contributed by atoms with E-state index in [0.717, 1.165) is 16.7 Å². The molecule has 0 aliphatic heterocycles. The van der Waals surface area contributed by atoms with Crippen molar-refractivity contribution in [3.05, 3.63) is 16.1 Å². The fraction of sp³-hybridized carbons (Fsp3) is 0.714. The Kier molecular flexibility index (Phi) is 4.65. The van der Waals surface area contributed by atoms with Gasteiger partial charge >= 0.3 is 0 Å². The van der Waals surface area contributed by atoms with E-state index in [2.05, 4.69) is 39.8 Å². The highest BCUT2D eigenvalue weighted by Crippen LogP contribution is 2.44. The van der Waals surface area contributed by atoms with Gasteiger partial charge in [0.2, 0.25) is 0 Å². The molecule has 2 atom stereocenters. The van der Waals surface area contributed by atoms with Crippen LogP contribution in [0.15, 0.2) is 10.4 Å². The van der Waals surface area contributed by atoms with E-state index in [4.69, 9.17) is 4.74 Å². The lowest BCUT2D eigenvalue weighted by molar-refractivity contribution is 0.119. The Hall–Kier alpha value is -1.14. The van der Waals surface area contributed by atoms with Crippen LogP contribution < -0.4 is 10.6 Å². The monoisotopic (exact) mass is 296 g/mol. The Bertz CT molecular complexity index is 483. The quantitative estimate of drug-likeness (QED) is 0.647. The van der Waals surface area contributed by atoms with Gasteiger partial charge in [0.15, 0.2) is 5.96 Å². The van der Waals surface area contributed by atoms with Crippen molar-refractivity contribution in [2.45, 2.75) is 45.9 Å². The lowest BCUT2D eigenvalue weighted by atomic mass is 10.2. The third-order valence-corrected chi connectivity index (χ3v) is 4.81. The maximum atomic E-state index is 5.27. The number of ether oxygens (including phenoxy) is 1. The number of nitrogens with one attached hydrogen (secondary N) is 2. The van der Waals surface area contributed by atoms with Gasteiger partial charge in [-0.3, -0.25) is 4.99 Å². The predicted octanol–water partition coefficient (Wildman–Crippen LogP) is 2.31. The highest BCUT2D eigenvalue weighted by atomic mass is 32.1. The number of hydrogen-bond acceptors (Lipinski definition) is 4. The number of aromatic nitrogens is 1. The third kappa shape index (κ3) is 3.70. The molecule has 2 unspecified atom stereocenters. The van der Waals surface area contributed by atoms with Crippen LogP contribution in [-0.4, -0.2) is 31.1 Å². The van der Waals surface area contributed by atoms with Crippen molar-refractivity contribution in [1.82, 2.24) is 15.6 Å². The molecule has 0 amide bonds. The molecule has 1 aromatic rings. The Morgan fingerprint density at radius 3 is 2.90 bits per heavy atom. The van der Waals surface area contributed by atoms with Crippen LogP contribution in [0, 0.1) is 5.41 Å². The van der Waals surface area contributed by atoms with Gasteiger partial charge in [0.05, 0.1) is 12.2 Å². The van der Waals surface area contributed by atoms with Crippen molar-refractivity contribution in [2.24, 2.45) is 10.4 Å². The van der Waals surface area contributed by atoms with Crippen LogP contribution in [0.4, 0.5) is 0 Å². The van der Waals surface area contributed by atoms with Gasteiger partial charge in [-0.1, -0.05) is 13.8 Å². The highest BCUT2D eigenvalue weighted by molar-refractivity contribution is 7.09. The van der Waals surface area contributed by atoms with Gasteiger partial charge in [-0.25, -0.2) is 4.98 Å². The zero-order valence-corrected chi connectivity index (χ0v) is 13.7. The van der Waals surface area contributed by atoms with E-state index in [0.29, 0.717) is 18.0 Å². The van der Waals surface area contributed by atoms with Crippen molar-refractivity contribution >= 4 is 17.3 Å². The molecule has 1 aromatic heterocycles. The first-order valence-corrected chi connectivity index (χ1v) is 7.78. The Labute approximate surface area is 124 Å². The molecule has 1 heterocycles. The maximum absolute atomic E-state index is 5.27. The number of methoxy groups -OCH3 is 1. The molecular formula is C14H24N4OS. The first kappa shape index (κ1) is 15.3. The minimum atomic E-state index is 0.0541. The van der Waals surface area contributed by atoms with E-state index >= 15 is 0 Å². The molecule has 20 heavy (non-hydrogen) atoms. The van der Waals surface area contributed by atoms with Gasteiger partial charge < -0.3 is 15.4 Å². The molecule has 1 saturated carbocycles. The van der Waals surface area contributed by atoms with Crippen LogP contribution in [0.1, 0.15) is 44.0 Å². The topological polar surface area (TPSA) is 58.5 Å². The third-order valence-electron chi connectivity index (χ3n) is 3.76. The average molecular weight is 296 g/mol. The molecule has 5 nitrogen and oxygen atoms in total. The summed E-state index contributed by atoms with van der Waals surface area (Å²) in [5.41, 5.74) is 1.41. The van der Waals surface area contributed by atoms with Gasteiger partial charge in [-0.05, 0) is 18.8 Å². The molecule has 2 N–H and O–H groups in total. The number of rotatable bonds is 5. The molecule has 1 fully saturated rings. The van der Waals surface area contributed by atoms with E-state index in [1.807, 2.05) is 6.92 Å². The Morgan fingerprint density at radius 1 is 1.65 bits per heavy atom. The van der Waals surface area contributed by atoms with E-state index in [1.54, 1.807) is 25.5 Å². The van der Waals surface area contributed by atoms with E-state index in [9.17, 15) is 0 Å². The summed E-state index contributed by atoms with van der Waals surface area (Å²) in [6.07, 6.45) is 1.25. The number of thiazole rings is 1. The molecular weight excluding hydrogens is 272 g/mol. The van der Waals surface area contributed by atoms with Crippen molar-refractivity contribution in [2.75, 3.05) is 14.2 Å². The summed E-state index contributed by atoms with van der Waals surface area (Å²) in [5, 5.41) is 9.81. The summed E-state index contributed by atoms with van der Waals surface area (Å²) in [6.45, 7) is 7.21. The zero-order valence-electron chi connectivity index (χ0n) is 12.9. The lowest BCUT2D eigenvalue weighted by Gasteiger charge is -2.12. The summed E-state index contributed by atoms with van der Waals surface area (Å²) in [7, 11) is 3.50. The molecule has 6 heteroatoms.